The first kappa shape index (κ1) is 12.4. The SMILES string of the molecule is CC[N+](C)(CC)CC(C)P(C)C. The molecule has 1 unspecified atom stereocenters. The van der Waals surface area contributed by atoms with E-state index in [0.29, 0.717) is 0 Å². The lowest BCUT2D eigenvalue weighted by atomic mass is 10.3. The molecule has 0 aliphatic heterocycles. The smallest absolute Gasteiger partial charge is 0.0849 e. The van der Waals surface area contributed by atoms with Crippen molar-refractivity contribution in [1.82, 2.24) is 0 Å². The summed E-state index contributed by atoms with van der Waals surface area (Å²) in [6, 6.07) is 0. The van der Waals surface area contributed by atoms with Crippen LogP contribution in [0.4, 0.5) is 0 Å². The van der Waals surface area contributed by atoms with Crippen LogP contribution >= 0.6 is 7.92 Å². The summed E-state index contributed by atoms with van der Waals surface area (Å²) >= 11 is 0. The molecule has 0 heterocycles. The second-order valence-electron chi connectivity index (χ2n) is 4.25. The Labute approximate surface area is 79.5 Å². The van der Waals surface area contributed by atoms with Crippen LogP contribution in [0.1, 0.15) is 20.8 Å². The highest BCUT2D eigenvalue weighted by Gasteiger charge is 2.21. The zero-order valence-corrected chi connectivity index (χ0v) is 10.5. The molecule has 0 saturated carbocycles. The van der Waals surface area contributed by atoms with Crippen LogP contribution in [0.5, 0.6) is 0 Å². The van der Waals surface area contributed by atoms with E-state index in [1.54, 1.807) is 0 Å². The van der Waals surface area contributed by atoms with Crippen LogP contribution in [0.3, 0.4) is 0 Å². The molecule has 0 bridgehead atoms. The Morgan fingerprint density at radius 1 is 1.17 bits per heavy atom. The Balaban J connectivity index is 4.02. The third-order valence-corrected chi connectivity index (χ3v) is 5.04. The van der Waals surface area contributed by atoms with Gasteiger partial charge in [-0.2, -0.15) is 0 Å². The van der Waals surface area contributed by atoms with Gasteiger partial charge in [0, 0.05) is 5.66 Å². The molecule has 2 heteroatoms. The molecular formula is C10H25NP+. The van der Waals surface area contributed by atoms with E-state index >= 15 is 0 Å². The third kappa shape index (κ3) is 3.87. The van der Waals surface area contributed by atoms with Crippen molar-refractivity contribution < 1.29 is 4.48 Å². The molecule has 0 spiro atoms. The van der Waals surface area contributed by atoms with Gasteiger partial charge in [0.15, 0.2) is 0 Å². The van der Waals surface area contributed by atoms with Crippen LogP contribution in [0.2, 0.25) is 0 Å². The molecule has 12 heavy (non-hydrogen) atoms. The van der Waals surface area contributed by atoms with Gasteiger partial charge in [0.25, 0.3) is 0 Å². The topological polar surface area (TPSA) is 0 Å². The van der Waals surface area contributed by atoms with E-state index in [0.717, 1.165) is 5.66 Å². The Morgan fingerprint density at radius 2 is 1.58 bits per heavy atom. The second kappa shape index (κ2) is 5.19. The minimum atomic E-state index is 0.247. The van der Waals surface area contributed by atoms with Gasteiger partial charge in [0.1, 0.15) is 0 Å². The molecule has 0 aromatic rings. The van der Waals surface area contributed by atoms with E-state index in [1.165, 1.54) is 24.1 Å². The molecule has 0 aromatic heterocycles. The van der Waals surface area contributed by atoms with Gasteiger partial charge in [-0.25, -0.2) is 0 Å². The van der Waals surface area contributed by atoms with E-state index in [-0.39, 0.29) is 7.92 Å². The summed E-state index contributed by atoms with van der Waals surface area (Å²) < 4.78 is 1.24. The summed E-state index contributed by atoms with van der Waals surface area (Å²) in [6.07, 6.45) is 0. The lowest BCUT2D eigenvalue weighted by Crippen LogP contribution is -2.47. The molecular weight excluding hydrogens is 165 g/mol. The highest BCUT2D eigenvalue weighted by Crippen LogP contribution is 2.33. The lowest BCUT2D eigenvalue weighted by Gasteiger charge is -2.35. The summed E-state index contributed by atoms with van der Waals surface area (Å²) in [7, 11) is 2.62. The first-order chi connectivity index (χ1) is 5.45. The van der Waals surface area contributed by atoms with E-state index in [4.69, 9.17) is 0 Å². The first-order valence-electron chi connectivity index (χ1n) is 4.95. The van der Waals surface area contributed by atoms with Gasteiger partial charge in [-0.05, 0) is 27.2 Å². The van der Waals surface area contributed by atoms with Crippen molar-refractivity contribution in [1.29, 1.82) is 0 Å². The Bertz CT molecular complexity index is 119. The monoisotopic (exact) mass is 190 g/mol. The van der Waals surface area contributed by atoms with Crippen LogP contribution in [-0.2, 0) is 0 Å². The molecule has 0 saturated heterocycles. The maximum absolute atomic E-state index is 2.40. The van der Waals surface area contributed by atoms with Gasteiger partial charge in [0.2, 0.25) is 0 Å². The zero-order chi connectivity index (χ0) is 9.78. The molecule has 0 rings (SSSR count). The van der Waals surface area contributed by atoms with E-state index < -0.39 is 0 Å². The molecule has 0 fully saturated rings. The highest BCUT2D eigenvalue weighted by atomic mass is 31.1. The van der Waals surface area contributed by atoms with Crippen LogP contribution in [0.15, 0.2) is 0 Å². The average molecular weight is 190 g/mol. The highest BCUT2D eigenvalue weighted by molar-refractivity contribution is 7.56. The van der Waals surface area contributed by atoms with Crippen molar-refractivity contribution in [2.75, 3.05) is 40.0 Å². The van der Waals surface area contributed by atoms with Gasteiger partial charge < -0.3 is 4.48 Å². The molecule has 74 valence electrons. The van der Waals surface area contributed by atoms with Crippen molar-refractivity contribution in [3.8, 4) is 0 Å². The van der Waals surface area contributed by atoms with Crippen LogP contribution < -0.4 is 0 Å². The van der Waals surface area contributed by atoms with Gasteiger partial charge in [-0.1, -0.05) is 6.92 Å². The first-order valence-corrected chi connectivity index (χ1v) is 7.25. The third-order valence-electron chi connectivity index (χ3n) is 3.11. The van der Waals surface area contributed by atoms with Crippen molar-refractivity contribution in [2.24, 2.45) is 0 Å². The van der Waals surface area contributed by atoms with Crippen LogP contribution in [-0.4, -0.2) is 50.2 Å². The normalized spacial score (nSPS) is 15.2. The summed E-state index contributed by atoms with van der Waals surface area (Å²) in [5.41, 5.74) is 0.907. The fraction of sp³-hybridized carbons (Fsp3) is 1.00. The Morgan fingerprint density at radius 3 is 1.83 bits per heavy atom. The van der Waals surface area contributed by atoms with Crippen molar-refractivity contribution >= 4 is 7.92 Å². The van der Waals surface area contributed by atoms with Crippen molar-refractivity contribution in [3.63, 3.8) is 0 Å². The van der Waals surface area contributed by atoms with Gasteiger partial charge in [0.05, 0.1) is 26.7 Å². The Kier molecular flexibility index (Phi) is 5.36. The fourth-order valence-corrected chi connectivity index (χ4v) is 2.00. The molecule has 1 nitrogen and oxygen atoms in total. The lowest BCUT2D eigenvalue weighted by molar-refractivity contribution is -0.905. The number of nitrogens with zero attached hydrogens (tertiary/aromatic N) is 1. The fourth-order valence-electron chi connectivity index (χ4n) is 1.28. The maximum atomic E-state index is 2.40. The molecule has 0 aliphatic rings. The van der Waals surface area contributed by atoms with Gasteiger partial charge >= 0.3 is 0 Å². The molecule has 1 atom stereocenters. The summed E-state index contributed by atoms with van der Waals surface area (Å²) in [5.74, 6) is 0. The Hall–Kier alpha value is 0.390. The molecule has 0 amide bonds. The number of hydrogen-bond acceptors (Lipinski definition) is 0. The molecule has 0 aliphatic carbocycles. The van der Waals surface area contributed by atoms with Gasteiger partial charge in [-0.3, -0.25) is 0 Å². The predicted molar refractivity (Wildman–Crippen MR) is 60.4 cm³/mol. The minimum Gasteiger partial charge on any atom is -0.326 e. The zero-order valence-electron chi connectivity index (χ0n) is 9.59. The molecule has 0 N–H and O–H groups in total. The van der Waals surface area contributed by atoms with Crippen molar-refractivity contribution in [2.45, 2.75) is 26.4 Å². The maximum Gasteiger partial charge on any atom is 0.0849 e. The number of quaternary nitrogens is 1. The standard InChI is InChI=1S/C10H25NP/c1-7-11(4,8-2)9-10(3)12(5)6/h10H,7-9H2,1-6H3/q+1. The van der Waals surface area contributed by atoms with Crippen molar-refractivity contribution in [3.05, 3.63) is 0 Å². The quantitative estimate of drug-likeness (QED) is 0.462. The minimum absolute atomic E-state index is 0.247. The number of rotatable bonds is 5. The molecule has 0 aromatic carbocycles. The van der Waals surface area contributed by atoms with E-state index in [9.17, 15) is 0 Å². The number of hydrogen-bond donors (Lipinski definition) is 0. The molecule has 0 radical (unpaired) electrons. The second-order valence-corrected chi connectivity index (χ2v) is 7.06. The van der Waals surface area contributed by atoms with E-state index in [1.807, 2.05) is 0 Å². The largest absolute Gasteiger partial charge is 0.326 e. The summed E-state index contributed by atoms with van der Waals surface area (Å²) in [6.45, 7) is 15.6. The summed E-state index contributed by atoms with van der Waals surface area (Å²) in [5, 5.41) is 0. The predicted octanol–water partition coefficient (Wildman–Crippen LogP) is 2.60. The average Bonchev–Trinajstić information content (AvgIpc) is 2.04. The summed E-state index contributed by atoms with van der Waals surface area (Å²) in [4.78, 5) is 0. The van der Waals surface area contributed by atoms with Gasteiger partial charge in [-0.15, -0.1) is 7.92 Å². The van der Waals surface area contributed by atoms with E-state index in [2.05, 4.69) is 41.1 Å². The van der Waals surface area contributed by atoms with Crippen LogP contribution in [0.25, 0.3) is 0 Å². The van der Waals surface area contributed by atoms with Crippen LogP contribution in [0, 0.1) is 0 Å².